The Morgan fingerprint density at radius 3 is 2.61 bits per heavy atom. The molecule has 0 saturated heterocycles. The molecule has 0 aliphatic heterocycles. The molecule has 1 aromatic heterocycles. The number of benzene rings is 1. The summed E-state index contributed by atoms with van der Waals surface area (Å²) in [5, 5.41) is 9.62. The van der Waals surface area contributed by atoms with Crippen molar-refractivity contribution in [3.63, 3.8) is 0 Å². The molecule has 4 heteroatoms. The molecule has 0 aliphatic rings. The molecule has 1 unspecified atom stereocenters. The first-order valence-electron chi connectivity index (χ1n) is 5.77. The molecule has 1 heterocycles. The van der Waals surface area contributed by atoms with E-state index >= 15 is 0 Å². The zero-order valence-electron chi connectivity index (χ0n) is 10.7. The number of hydrogen-bond donors (Lipinski definition) is 1. The third-order valence-electron chi connectivity index (χ3n) is 3.30. The van der Waals surface area contributed by atoms with Gasteiger partial charge in [0, 0.05) is 12.4 Å². The standard InChI is InChI=1S/C14H16N2O2/c1-10-5-4-6-12(9-10)14(3,13(17)18)16-8-7-15-11(16)2/h4-9H,1-3H3,(H,17,18). The summed E-state index contributed by atoms with van der Waals surface area (Å²) in [6.07, 6.45) is 3.32. The molecule has 1 atom stereocenters. The van der Waals surface area contributed by atoms with E-state index in [2.05, 4.69) is 4.98 Å². The van der Waals surface area contributed by atoms with Crippen molar-refractivity contribution in [3.05, 3.63) is 53.6 Å². The molecule has 18 heavy (non-hydrogen) atoms. The molecule has 0 saturated carbocycles. The van der Waals surface area contributed by atoms with Crippen LogP contribution in [0.5, 0.6) is 0 Å². The Morgan fingerprint density at radius 1 is 1.39 bits per heavy atom. The van der Waals surface area contributed by atoms with Crippen molar-refractivity contribution in [2.45, 2.75) is 26.3 Å². The fourth-order valence-electron chi connectivity index (χ4n) is 2.16. The summed E-state index contributed by atoms with van der Waals surface area (Å²) in [4.78, 5) is 15.8. The highest BCUT2D eigenvalue weighted by Gasteiger charge is 2.38. The van der Waals surface area contributed by atoms with Gasteiger partial charge in [-0.1, -0.05) is 29.8 Å². The minimum Gasteiger partial charge on any atom is -0.479 e. The summed E-state index contributed by atoms with van der Waals surface area (Å²) in [6.45, 7) is 5.45. The number of aryl methyl sites for hydroxylation is 2. The number of carboxylic acids is 1. The van der Waals surface area contributed by atoms with E-state index in [0.717, 1.165) is 11.1 Å². The van der Waals surface area contributed by atoms with Crippen LogP contribution in [0.1, 0.15) is 23.9 Å². The minimum absolute atomic E-state index is 0.682. The first kappa shape index (κ1) is 12.4. The van der Waals surface area contributed by atoms with Gasteiger partial charge >= 0.3 is 5.97 Å². The molecular weight excluding hydrogens is 228 g/mol. The zero-order chi connectivity index (χ0) is 13.3. The summed E-state index contributed by atoms with van der Waals surface area (Å²) >= 11 is 0. The first-order chi connectivity index (χ1) is 8.46. The van der Waals surface area contributed by atoms with Gasteiger partial charge in [-0.2, -0.15) is 0 Å². The third-order valence-corrected chi connectivity index (χ3v) is 3.30. The summed E-state index contributed by atoms with van der Waals surface area (Å²) in [7, 11) is 0. The molecule has 1 N–H and O–H groups in total. The van der Waals surface area contributed by atoms with E-state index in [1.807, 2.05) is 31.2 Å². The molecule has 0 fully saturated rings. The van der Waals surface area contributed by atoms with Gasteiger partial charge in [-0.3, -0.25) is 0 Å². The Bertz CT molecular complexity index is 589. The van der Waals surface area contributed by atoms with Gasteiger partial charge in [-0.05, 0) is 26.3 Å². The van der Waals surface area contributed by atoms with Crippen LogP contribution in [0.25, 0.3) is 0 Å². The Hall–Kier alpha value is -2.10. The number of carboxylic acid groups (broad SMARTS) is 1. The van der Waals surface area contributed by atoms with Crippen LogP contribution >= 0.6 is 0 Å². The molecule has 1 aromatic carbocycles. The summed E-state index contributed by atoms with van der Waals surface area (Å²) in [6, 6.07) is 7.55. The van der Waals surface area contributed by atoms with Gasteiger partial charge in [0.05, 0.1) is 0 Å². The fourth-order valence-corrected chi connectivity index (χ4v) is 2.16. The highest BCUT2D eigenvalue weighted by atomic mass is 16.4. The number of carbonyl (C=O) groups is 1. The molecule has 0 aliphatic carbocycles. The monoisotopic (exact) mass is 244 g/mol. The largest absolute Gasteiger partial charge is 0.479 e. The van der Waals surface area contributed by atoms with Gasteiger partial charge in [0.1, 0.15) is 5.82 Å². The van der Waals surface area contributed by atoms with E-state index < -0.39 is 11.5 Å². The zero-order valence-corrected chi connectivity index (χ0v) is 10.7. The smallest absolute Gasteiger partial charge is 0.334 e. The Kier molecular flexibility index (Phi) is 2.95. The quantitative estimate of drug-likeness (QED) is 0.901. The van der Waals surface area contributed by atoms with E-state index in [0.29, 0.717) is 5.82 Å². The van der Waals surface area contributed by atoms with Crippen LogP contribution in [0, 0.1) is 13.8 Å². The van der Waals surface area contributed by atoms with Crippen molar-refractivity contribution in [1.29, 1.82) is 0 Å². The number of nitrogens with zero attached hydrogens (tertiary/aromatic N) is 2. The van der Waals surface area contributed by atoms with Gasteiger partial charge in [0.2, 0.25) is 0 Å². The maximum Gasteiger partial charge on any atom is 0.334 e. The van der Waals surface area contributed by atoms with Crippen LogP contribution in [0.3, 0.4) is 0 Å². The third kappa shape index (κ3) is 1.79. The number of aromatic nitrogens is 2. The Balaban J connectivity index is 2.66. The Labute approximate surface area is 106 Å². The second kappa shape index (κ2) is 4.29. The van der Waals surface area contributed by atoms with E-state index in [1.54, 1.807) is 30.8 Å². The van der Waals surface area contributed by atoms with Crippen LogP contribution in [-0.4, -0.2) is 20.6 Å². The maximum atomic E-state index is 11.7. The van der Waals surface area contributed by atoms with Gasteiger partial charge in [-0.15, -0.1) is 0 Å². The lowest BCUT2D eigenvalue weighted by Crippen LogP contribution is -2.40. The SMILES string of the molecule is Cc1cccc(C(C)(C(=O)O)n2ccnc2C)c1. The minimum atomic E-state index is -1.13. The molecular formula is C14H16N2O2. The van der Waals surface area contributed by atoms with Crippen molar-refractivity contribution >= 4 is 5.97 Å². The number of hydrogen-bond acceptors (Lipinski definition) is 2. The average Bonchev–Trinajstić information content (AvgIpc) is 2.74. The number of rotatable bonds is 3. The van der Waals surface area contributed by atoms with Gasteiger partial charge in [0.15, 0.2) is 5.54 Å². The van der Waals surface area contributed by atoms with Gasteiger partial charge < -0.3 is 9.67 Å². The average molecular weight is 244 g/mol. The molecule has 4 nitrogen and oxygen atoms in total. The highest BCUT2D eigenvalue weighted by Crippen LogP contribution is 2.28. The molecule has 0 spiro atoms. The lowest BCUT2D eigenvalue weighted by molar-refractivity contribution is -0.144. The molecule has 0 radical (unpaired) electrons. The predicted molar refractivity (Wildman–Crippen MR) is 68.5 cm³/mol. The second-order valence-electron chi connectivity index (χ2n) is 4.59. The second-order valence-corrected chi connectivity index (χ2v) is 4.59. The van der Waals surface area contributed by atoms with Crippen molar-refractivity contribution in [3.8, 4) is 0 Å². The summed E-state index contributed by atoms with van der Waals surface area (Å²) < 4.78 is 1.68. The van der Waals surface area contributed by atoms with Crippen LogP contribution in [0.4, 0.5) is 0 Å². The van der Waals surface area contributed by atoms with Crippen molar-refractivity contribution < 1.29 is 9.90 Å². The van der Waals surface area contributed by atoms with Crippen LogP contribution in [0.2, 0.25) is 0 Å². The normalized spacial score (nSPS) is 14.2. The van der Waals surface area contributed by atoms with Crippen molar-refractivity contribution in [2.75, 3.05) is 0 Å². The van der Waals surface area contributed by atoms with E-state index in [4.69, 9.17) is 0 Å². The molecule has 0 bridgehead atoms. The van der Waals surface area contributed by atoms with Gasteiger partial charge in [0.25, 0.3) is 0 Å². The van der Waals surface area contributed by atoms with E-state index in [9.17, 15) is 9.90 Å². The molecule has 2 aromatic rings. The van der Waals surface area contributed by atoms with Crippen LogP contribution < -0.4 is 0 Å². The number of imidazole rings is 1. The maximum absolute atomic E-state index is 11.7. The summed E-state index contributed by atoms with van der Waals surface area (Å²) in [5.74, 6) is -0.212. The van der Waals surface area contributed by atoms with Crippen LogP contribution in [-0.2, 0) is 10.3 Å². The lowest BCUT2D eigenvalue weighted by Gasteiger charge is -2.28. The molecule has 94 valence electrons. The topological polar surface area (TPSA) is 55.1 Å². The summed E-state index contributed by atoms with van der Waals surface area (Å²) in [5.41, 5.74) is 0.654. The highest BCUT2D eigenvalue weighted by molar-refractivity contribution is 5.81. The molecule has 0 amide bonds. The van der Waals surface area contributed by atoms with E-state index in [-0.39, 0.29) is 0 Å². The lowest BCUT2D eigenvalue weighted by atomic mass is 9.90. The molecule has 2 rings (SSSR count). The van der Waals surface area contributed by atoms with E-state index in [1.165, 1.54) is 0 Å². The van der Waals surface area contributed by atoms with Crippen molar-refractivity contribution in [1.82, 2.24) is 9.55 Å². The Morgan fingerprint density at radius 2 is 2.11 bits per heavy atom. The van der Waals surface area contributed by atoms with Crippen LogP contribution in [0.15, 0.2) is 36.7 Å². The fraction of sp³-hybridized carbons (Fsp3) is 0.286. The van der Waals surface area contributed by atoms with Crippen molar-refractivity contribution in [2.24, 2.45) is 0 Å². The van der Waals surface area contributed by atoms with Gasteiger partial charge in [-0.25, -0.2) is 9.78 Å². The first-order valence-corrected chi connectivity index (χ1v) is 5.77. The predicted octanol–water partition coefficient (Wildman–Crippen LogP) is 2.35. The number of aliphatic carboxylic acids is 1.